The molecule has 0 aromatic heterocycles. The summed E-state index contributed by atoms with van der Waals surface area (Å²) in [6.07, 6.45) is 4.42. The Morgan fingerprint density at radius 3 is 2.56 bits per heavy atom. The molecule has 0 aromatic rings. The van der Waals surface area contributed by atoms with Crippen molar-refractivity contribution in [2.45, 2.75) is 64.3 Å². The second-order valence-corrected chi connectivity index (χ2v) is 5.90. The molecule has 8 heteroatoms. The highest BCUT2D eigenvalue weighted by atomic mass is 35.5. The lowest BCUT2D eigenvalue weighted by Gasteiger charge is -2.36. The highest BCUT2D eigenvalue weighted by Gasteiger charge is 2.36. The number of rotatable bonds is 8. The maximum atomic E-state index is 12.0. The highest BCUT2D eigenvalue weighted by molar-refractivity contribution is 6.26. The number of ether oxygens (including phenoxy) is 2. The zero-order valence-corrected chi connectivity index (χ0v) is 16.4. The minimum absolute atomic E-state index is 0. The molecule has 0 bridgehead atoms. The molecule has 6 nitrogen and oxygen atoms in total. The molecule has 0 saturated heterocycles. The van der Waals surface area contributed by atoms with Gasteiger partial charge in [0.25, 0.3) is 0 Å². The zero-order valence-electron chi connectivity index (χ0n) is 14.9. The van der Waals surface area contributed by atoms with Gasteiger partial charge in [-0.05, 0) is 32.3 Å². The van der Waals surface area contributed by atoms with Crippen LogP contribution in [0.4, 0.5) is 0 Å². The van der Waals surface area contributed by atoms with E-state index >= 15 is 0 Å². The van der Waals surface area contributed by atoms with Gasteiger partial charge < -0.3 is 20.5 Å². The van der Waals surface area contributed by atoms with Crippen LogP contribution in [-0.4, -0.2) is 42.8 Å². The van der Waals surface area contributed by atoms with Crippen LogP contribution in [0, 0.1) is 0 Å². The van der Waals surface area contributed by atoms with Gasteiger partial charge in [0.2, 0.25) is 5.91 Å². The monoisotopic (exact) mass is 394 g/mol. The van der Waals surface area contributed by atoms with E-state index in [-0.39, 0.29) is 24.4 Å². The van der Waals surface area contributed by atoms with Crippen LogP contribution in [0.15, 0.2) is 23.3 Å². The van der Waals surface area contributed by atoms with Crippen molar-refractivity contribution in [1.82, 2.24) is 5.32 Å². The molecular formula is C17H28Cl2N2O4. The van der Waals surface area contributed by atoms with Crippen molar-refractivity contribution in [3.63, 3.8) is 0 Å². The van der Waals surface area contributed by atoms with Crippen LogP contribution in [0.3, 0.4) is 0 Å². The molecule has 3 atom stereocenters. The Balaban J connectivity index is 0.00000576. The number of esters is 1. The normalized spacial score (nSPS) is 23.1. The Labute approximate surface area is 160 Å². The SMILES string of the molecule is CCOC(=O)C1=C[C@@H](OC(CC)CC)[C@H](NC(=O)C=CCl)[C@@H](N)C1.Cl. The Morgan fingerprint density at radius 2 is 2.04 bits per heavy atom. The number of carbonyl (C=O) groups excluding carboxylic acids is 2. The van der Waals surface area contributed by atoms with Crippen molar-refractivity contribution in [3.8, 4) is 0 Å². The van der Waals surface area contributed by atoms with E-state index in [1.807, 2.05) is 13.8 Å². The predicted octanol–water partition coefficient (Wildman–Crippen LogP) is 2.44. The number of carbonyl (C=O) groups is 2. The van der Waals surface area contributed by atoms with Gasteiger partial charge in [-0.25, -0.2) is 4.79 Å². The van der Waals surface area contributed by atoms with E-state index in [1.165, 1.54) is 6.08 Å². The first-order chi connectivity index (χ1) is 11.5. The number of nitrogens with one attached hydrogen (secondary N) is 1. The Hall–Kier alpha value is -1.08. The van der Waals surface area contributed by atoms with Gasteiger partial charge in [-0.2, -0.15) is 0 Å². The summed E-state index contributed by atoms with van der Waals surface area (Å²) >= 11 is 5.44. The van der Waals surface area contributed by atoms with Crippen molar-refractivity contribution in [3.05, 3.63) is 23.3 Å². The highest BCUT2D eigenvalue weighted by Crippen LogP contribution is 2.24. The number of hydrogen-bond donors (Lipinski definition) is 2. The maximum absolute atomic E-state index is 12.0. The minimum atomic E-state index is -0.495. The molecule has 0 saturated carbocycles. The third-order valence-electron chi connectivity index (χ3n) is 3.96. The maximum Gasteiger partial charge on any atom is 0.333 e. The summed E-state index contributed by atoms with van der Waals surface area (Å²) in [5.74, 6) is -0.742. The first kappa shape index (κ1) is 23.9. The number of halogens is 2. The Kier molecular flexibility index (Phi) is 11.8. The predicted molar refractivity (Wildman–Crippen MR) is 101 cm³/mol. The summed E-state index contributed by atoms with van der Waals surface area (Å²) < 4.78 is 11.1. The first-order valence-electron chi connectivity index (χ1n) is 8.32. The average Bonchev–Trinajstić information content (AvgIpc) is 2.55. The largest absolute Gasteiger partial charge is 0.463 e. The molecular weight excluding hydrogens is 367 g/mol. The van der Waals surface area contributed by atoms with Crippen molar-refractivity contribution in [1.29, 1.82) is 0 Å². The van der Waals surface area contributed by atoms with Crippen molar-refractivity contribution >= 4 is 35.9 Å². The summed E-state index contributed by atoms with van der Waals surface area (Å²) in [5.41, 5.74) is 7.82. The van der Waals surface area contributed by atoms with Crippen molar-refractivity contribution in [2.24, 2.45) is 5.73 Å². The van der Waals surface area contributed by atoms with Gasteiger partial charge in [0.1, 0.15) is 0 Å². The van der Waals surface area contributed by atoms with Gasteiger partial charge in [-0.1, -0.05) is 25.4 Å². The van der Waals surface area contributed by atoms with E-state index < -0.39 is 24.2 Å². The van der Waals surface area contributed by atoms with E-state index in [2.05, 4.69) is 5.32 Å². The molecule has 0 heterocycles. The fourth-order valence-corrected chi connectivity index (χ4v) is 2.77. The molecule has 0 spiro atoms. The van der Waals surface area contributed by atoms with Crippen molar-refractivity contribution < 1.29 is 19.1 Å². The van der Waals surface area contributed by atoms with E-state index in [0.29, 0.717) is 18.6 Å². The summed E-state index contributed by atoms with van der Waals surface area (Å²) in [6, 6.07) is -0.898. The molecule has 1 rings (SSSR count). The summed E-state index contributed by atoms with van der Waals surface area (Å²) in [4.78, 5) is 23.9. The third-order valence-corrected chi connectivity index (χ3v) is 4.08. The van der Waals surface area contributed by atoms with Gasteiger partial charge in [0.05, 0.1) is 24.9 Å². The lowest BCUT2D eigenvalue weighted by atomic mass is 9.88. The van der Waals surface area contributed by atoms with Gasteiger partial charge in [0, 0.05) is 23.2 Å². The quantitative estimate of drug-likeness (QED) is 0.487. The molecule has 144 valence electrons. The van der Waals surface area contributed by atoms with Gasteiger partial charge in [0.15, 0.2) is 0 Å². The summed E-state index contributed by atoms with van der Waals surface area (Å²) in [7, 11) is 0. The van der Waals surface area contributed by atoms with Crippen LogP contribution in [0.25, 0.3) is 0 Å². The second-order valence-electron chi connectivity index (χ2n) is 5.65. The van der Waals surface area contributed by atoms with Crippen LogP contribution in [0.1, 0.15) is 40.0 Å². The molecule has 25 heavy (non-hydrogen) atoms. The molecule has 0 aromatic carbocycles. The summed E-state index contributed by atoms with van der Waals surface area (Å²) in [6.45, 7) is 6.10. The van der Waals surface area contributed by atoms with Gasteiger partial charge in [-0.3, -0.25) is 4.79 Å². The molecule has 1 aliphatic rings. The smallest absolute Gasteiger partial charge is 0.333 e. The molecule has 0 aliphatic heterocycles. The molecule has 3 N–H and O–H groups in total. The second kappa shape index (κ2) is 12.3. The topological polar surface area (TPSA) is 90.6 Å². The summed E-state index contributed by atoms with van der Waals surface area (Å²) in [5, 5.41) is 2.81. The third kappa shape index (κ3) is 7.36. The minimum Gasteiger partial charge on any atom is -0.463 e. The van der Waals surface area contributed by atoms with E-state index in [0.717, 1.165) is 18.4 Å². The first-order valence-corrected chi connectivity index (χ1v) is 8.76. The fourth-order valence-electron chi connectivity index (χ4n) is 2.66. The molecule has 1 amide bonds. The van der Waals surface area contributed by atoms with E-state index in [9.17, 15) is 9.59 Å². The van der Waals surface area contributed by atoms with Crippen LogP contribution in [-0.2, 0) is 19.1 Å². The Bertz CT molecular complexity index is 493. The van der Waals surface area contributed by atoms with Gasteiger partial charge >= 0.3 is 5.97 Å². The fraction of sp³-hybridized carbons (Fsp3) is 0.647. The molecule has 0 fully saturated rings. The van der Waals surface area contributed by atoms with Crippen LogP contribution in [0.5, 0.6) is 0 Å². The number of amides is 1. The number of nitrogens with two attached hydrogens (primary N) is 1. The lowest BCUT2D eigenvalue weighted by molar-refractivity contribution is -0.139. The lowest BCUT2D eigenvalue weighted by Crippen LogP contribution is -2.57. The zero-order chi connectivity index (χ0) is 18.1. The molecule has 0 radical (unpaired) electrons. The van der Waals surface area contributed by atoms with Crippen LogP contribution >= 0.6 is 24.0 Å². The molecule has 1 aliphatic carbocycles. The average molecular weight is 395 g/mol. The van der Waals surface area contributed by atoms with E-state index in [4.69, 9.17) is 26.8 Å². The number of hydrogen-bond acceptors (Lipinski definition) is 5. The Morgan fingerprint density at radius 1 is 1.40 bits per heavy atom. The van der Waals surface area contributed by atoms with Crippen LogP contribution in [0.2, 0.25) is 0 Å². The van der Waals surface area contributed by atoms with Gasteiger partial charge in [-0.15, -0.1) is 12.4 Å². The van der Waals surface area contributed by atoms with Crippen molar-refractivity contribution in [2.75, 3.05) is 6.61 Å². The standard InChI is InChI=1S/C17H27ClN2O4.ClH/c1-4-12(5-2)24-14-10-11(17(22)23-6-3)9-13(19)16(14)20-15(21)7-8-18;/h7-8,10,12-14,16H,4-6,9,19H2,1-3H3,(H,20,21);1H/t13-,14+,16+;/m0./s1. The van der Waals surface area contributed by atoms with Crippen LogP contribution < -0.4 is 11.1 Å². The molecule has 0 unspecified atom stereocenters. The van der Waals surface area contributed by atoms with E-state index in [1.54, 1.807) is 13.0 Å².